The van der Waals surface area contributed by atoms with Crippen molar-refractivity contribution < 1.29 is 4.42 Å². The highest BCUT2D eigenvalue weighted by Gasteiger charge is 2.21. The van der Waals surface area contributed by atoms with Crippen LogP contribution in [0, 0.1) is 6.92 Å². The Morgan fingerprint density at radius 3 is 2.58 bits per heavy atom. The molecule has 5 aromatic rings. The number of para-hydroxylation sites is 1. The van der Waals surface area contributed by atoms with E-state index < -0.39 is 0 Å². The van der Waals surface area contributed by atoms with Crippen molar-refractivity contribution in [2.75, 3.05) is 0 Å². The van der Waals surface area contributed by atoms with Crippen molar-refractivity contribution in [1.29, 1.82) is 0 Å². The van der Waals surface area contributed by atoms with Crippen molar-refractivity contribution in [3.05, 3.63) is 104 Å². The first-order chi connectivity index (χ1) is 17.3. The third-order valence-electron chi connectivity index (χ3n) is 5.95. The normalized spacial score (nSPS) is 11.5. The number of thioether (sulfide) groups is 1. The molecule has 182 valence electrons. The molecule has 8 heteroatoms. The van der Waals surface area contributed by atoms with Crippen LogP contribution in [-0.2, 0) is 5.75 Å². The summed E-state index contributed by atoms with van der Waals surface area (Å²) in [4.78, 5) is 12.3. The topological polar surface area (TPSA) is 60.9 Å². The van der Waals surface area contributed by atoms with Gasteiger partial charge in [0.2, 0.25) is 0 Å². The fraction of sp³-hybridized carbons (Fsp3) is 0.179. The summed E-state index contributed by atoms with van der Waals surface area (Å²) in [5.74, 6) is 1.42. The van der Waals surface area contributed by atoms with Gasteiger partial charge in [-0.25, -0.2) is 4.79 Å². The summed E-state index contributed by atoms with van der Waals surface area (Å²) in [7, 11) is 0. The van der Waals surface area contributed by atoms with Crippen LogP contribution in [0.15, 0.2) is 81.1 Å². The SMILES string of the molecule is Cc1ccc2c(CSc3nnc(-c4ccc(Cl)cc4Cl)n3-c3ccccc3C(C)C)cc(=O)oc2c1. The highest BCUT2D eigenvalue weighted by Crippen LogP contribution is 2.37. The van der Waals surface area contributed by atoms with Gasteiger partial charge in [0, 0.05) is 27.8 Å². The molecule has 0 aliphatic carbocycles. The Morgan fingerprint density at radius 2 is 1.81 bits per heavy atom. The van der Waals surface area contributed by atoms with E-state index in [4.69, 9.17) is 27.6 Å². The van der Waals surface area contributed by atoms with E-state index in [0.29, 0.717) is 32.4 Å². The van der Waals surface area contributed by atoms with Gasteiger partial charge in [-0.15, -0.1) is 10.2 Å². The quantitative estimate of drug-likeness (QED) is 0.162. The molecular formula is C28H23Cl2N3O2S. The highest BCUT2D eigenvalue weighted by atomic mass is 35.5. The van der Waals surface area contributed by atoms with Crippen LogP contribution < -0.4 is 5.63 Å². The van der Waals surface area contributed by atoms with Crippen LogP contribution in [0.3, 0.4) is 0 Å². The van der Waals surface area contributed by atoms with Crippen LogP contribution in [0.5, 0.6) is 0 Å². The summed E-state index contributed by atoms with van der Waals surface area (Å²) >= 11 is 14.2. The van der Waals surface area contributed by atoms with E-state index in [9.17, 15) is 4.79 Å². The van der Waals surface area contributed by atoms with Gasteiger partial charge in [-0.2, -0.15) is 0 Å². The third kappa shape index (κ3) is 4.81. The fourth-order valence-corrected chi connectivity index (χ4v) is 5.63. The number of aryl methyl sites for hydroxylation is 1. The van der Waals surface area contributed by atoms with Crippen LogP contribution >= 0.6 is 35.0 Å². The largest absolute Gasteiger partial charge is 0.423 e. The molecule has 0 N–H and O–H groups in total. The molecule has 2 heterocycles. The van der Waals surface area contributed by atoms with E-state index in [1.807, 2.05) is 47.9 Å². The van der Waals surface area contributed by atoms with Crippen LogP contribution in [0.1, 0.15) is 36.5 Å². The van der Waals surface area contributed by atoms with Gasteiger partial charge >= 0.3 is 5.63 Å². The molecule has 0 amide bonds. The Labute approximate surface area is 223 Å². The number of nitrogens with zero attached hydrogens (tertiary/aromatic N) is 3. The zero-order chi connectivity index (χ0) is 25.4. The van der Waals surface area contributed by atoms with E-state index in [-0.39, 0.29) is 11.5 Å². The molecule has 2 aromatic heterocycles. The highest BCUT2D eigenvalue weighted by molar-refractivity contribution is 7.98. The molecule has 0 spiro atoms. The van der Waals surface area contributed by atoms with E-state index >= 15 is 0 Å². The van der Waals surface area contributed by atoms with Crippen LogP contribution in [-0.4, -0.2) is 14.8 Å². The molecule has 3 aromatic carbocycles. The number of rotatable bonds is 6. The monoisotopic (exact) mass is 535 g/mol. The maximum Gasteiger partial charge on any atom is 0.336 e. The lowest BCUT2D eigenvalue weighted by atomic mass is 10.0. The average Bonchev–Trinajstić information content (AvgIpc) is 3.25. The van der Waals surface area contributed by atoms with Gasteiger partial charge in [-0.3, -0.25) is 4.57 Å². The molecule has 0 bridgehead atoms. The average molecular weight is 536 g/mol. The number of benzene rings is 3. The first-order valence-corrected chi connectivity index (χ1v) is 13.2. The number of aromatic nitrogens is 3. The van der Waals surface area contributed by atoms with Gasteiger partial charge < -0.3 is 4.42 Å². The summed E-state index contributed by atoms with van der Waals surface area (Å²) in [6.45, 7) is 6.28. The second-order valence-electron chi connectivity index (χ2n) is 8.86. The van der Waals surface area contributed by atoms with E-state index in [1.165, 1.54) is 11.8 Å². The number of hydrogen-bond acceptors (Lipinski definition) is 5. The van der Waals surface area contributed by atoms with Crippen molar-refractivity contribution in [3.63, 3.8) is 0 Å². The van der Waals surface area contributed by atoms with Crippen molar-refractivity contribution >= 4 is 45.9 Å². The van der Waals surface area contributed by atoms with Gasteiger partial charge in [0.05, 0.1) is 10.7 Å². The molecule has 5 nitrogen and oxygen atoms in total. The molecule has 0 atom stereocenters. The minimum Gasteiger partial charge on any atom is -0.423 e. The molecule has 0 radical (unpaired) electrons. The fourth-order valence-electron chi connectivity index (χ4n) is 4.20. The maximum atomic E-state index is 12.3. The molecule has 0 aliphatic rings. The summed E-state index contributed by atoms with van der Waals surface area (Å²) in [6, 6.07) is 21.0. The van der Waals surface area contributed by atoms with Crippen LogP contribution in [0.4, 0.5) is 0 Å². The Balaban J connectivity index is 1.63. The minimum absolute atomic E-state index is 0.279. The smallest absolute Gasteiger partial charge is 0.336 e. The summed E-state index contributed by atoms with van der Waals surface area (Å²) in [5.41, 5.74) is 5.00. The number of halogens is 2. The van der Waals surface area contributed by atoms with E-state index in [1.54, 1.807) is 18.2 Å². The Hall–Kier alpha value is -3.06. The second-order valence-corrected chi connectivity index (χ2v) is 10.6. The minimum atomic E-state index is -0.371. The predicted molar refractivity (Wildman–Crippen MR) is 148 cm³/mol. The summed E-state index contributed by atoms with van der Waals surface area (Å²) in [5, 5.41) is 11.7. The first kappa shape index (κ1) is 24.6. The van der Waals surface area contributed by atoms with Crippen molar-refractivity contribution in [1.82, 2.24) is 14.8 Å². The molecule has 0 unspecified atom stereocenters. The predicted octanol–water partition coefficient (Wildman–Crippen LogP) is 8.07. The van der Waals surface area contributed by atoms with Gasteiger partial charge in [0.1, 0.15) is 5.58 Å². The molecule has 5 rings (SSSR count). The molecule has 36 heavy (non-hydrogen) atoms. The van der Waals surface area contributed by atoms with Gasteiger partial charge in [-0.05, 0) is 59.9 Å². The Kier molecular flexibility index (Phi) is 6.93. The van der Waals surface area contributed by atoms with Crippen molar-refractivity contribution in [2.45, 2.75) is 37.6 Å². The lowest BCUT2D eigenvalue weighted by molar-refractivity contribution is 0.559. The zero-order valence-corrected chi connectivity index (χ0v) is 22.3. The first-order valence-electron chi connectivity index (χ1n) is 11.5. The van der Waals surface area contributed by atoms with Crippen molar-refractivity contribution in [3.8, 4) is 17.1 Å². The number of fused-ring (bicyclic) bond motifs is 1. The zero-order valence-electron chi connectivity index (χ0n) is 20.0. The van der Waals surface area contributed by atoms with Gasteiger partial charge in [-0.1, -0.05) is 79.1 Å². The third-order valence-corrected chi connectivity index (χ3v) is 7.47. The van der Waals surface area contributed by atoms with Gasteiger partial charge in [0.15, 0.2) is 11.0 Å². The molecule has 0 fully saturated rings. The van der Waals surface area contributed by atoms with E-state index in [2.05, 4.69) is 36.2 Å². The lowest BCUT2D eigenvalue weighted by Gasteiger charge is -2.17. The molecule has 0 aliphatic heterocycles. The van der Waals surface area contributed by atoms with Gasteiger partial charge in [0.25, 0.3) is 0 Å². The summed E-state index contributed by atoms with van der Waals surface area (Å²) < 4.78 is 7.47. The van der Waals surface area contributed by atoms with Crippen molar-refractivity contribution in [2.24, 2.45) is 0 Å². The Morgan fingerprint density at radius 1 is 1.00 bits per heavy atom. The molecular weight excluding hydrogens is 513 g/mol. The molecule has 0 saturated carbocycles. The van der Waals surface area contributed by atoms with Crippen LogP contribution in [0.2, 0.25) is 10.0 Å². The Bertz CT molecular complexity index is 1640. The second kappa shape index (κ2) is 10.1. The maximum absolute atomic E-state index is 12.3. The molecule has 0 saturated heterocycles. The standard InChI is InChI=1S/C28H23Cl2N3O2S/c1-16(2)20-6-4-5-7-24(20)33-27(22-11-9-19(29)14-23(22)30)31-32-28(33)36-15-18-13-26(34)35-25-12-17(3)8-10-21(18)25/h4-14,16H,15H2,1-3H3. The lowest BCUT2D eigenvalue weighted by Crippen LogP contribution is -2.05. The van der Waals surface area contributed by atoms with E-state index in [0.717, 1.165) is 33.3 Å². The summed E-state index contributed by atoms with van der Waals surface area (Å²) in [6.07, 6.45) is 0. The number of hydrogen-bond donors (Lipinski definition) is 0. The van der Waals surface area contributed by atoms with Crippen LogP contribution in [0.25, 0.3) is 28.0 Å².